The summed E-state index contributed by atoms with van der Waals surface area (Å²) in [7, 11) is 0. The molecule has 0 aliphatic heterocycles. The maximum absolute atomic E-state index is 13.1. The van der Waals surface area contributed by atoms with Crippen molar-refractivity contribution in [3.63, 3.8) is 0 Å². The minimum atomic E-state index is -4.72. The van der Waals surface area contributed by atoms with Crippen LogP contribution in [0.4, 0.5) is 19.0 Å². The summed E-state index contributed by atoms with van der Waals surface area (Å²) in [5, 5.41) is 19.5. The third-order valence-electron chi connectivity index (χ3n) is 2.68. The molecule has 1 N–H and O–H groups in total. The number of anilines is 1. The van der Waals surface area contributed by atoms with E-state index in [-0.39, 0.29) is 5.69 Å². The van der Waals surface area contributed by atoms with E-state index in [0.29, 0.717) is 5.56 Å². The van der Waals surface area contributed by atoms with Gasteiger partial charge in [0.05, 0.1) is 11.3 Å². The Morgan fingerprint density at radius 3 is 2.29 bits per heavy atom. The lowest BCUT2D eigenvalue weighted by Gasteiger charge is -2.13. The van der Waals surface area contributed by atoms with Crippen molar-refractivity contribution < 1.29 is 13.2 Å². The average Bonchev–Trinajstić information content (AvgIpc) is 2.47. The highest BCUT2D eigenvalue weighted by Crippen LogP contribution is 2.36. The van der Waals surface area contributed by atoms with Gasteiger partial charge < -0.3 is 0 Å². The molecule has 0 spiro atoms. The van der Waals surface area contributed by atoms with Gasteiger partial charge in [-0.3, -0.25) is 5.32 Å². The normalized spacial score (nSPS) is 10.5. The van der Waals surface area contributed by atoms with Gasteiger partial charge in [-0.1, -0.05) is 30.3 Å². The van der Waals surface area contributed by atoms with Gasteiger partial charge >= 0.3 is 6.18 Å². The van der Waals surface area contributed by atoms with Crippen molar-refractivity contribution in [3.8, 4) is 23.5 Å². The number of hydrogen-bond acceptors (Lipinski definition) is 4. The molecule has 0 unspecified atom stereocenters. The molecule has 2 aromatic rings. The lowest BCUT2D eigenvalue weighted by molar-refractivity contribution is -0.137. The predicted molar refractivity (Wildman–Crippen MR) is 68.6 cm³/mol. The molecule has 0 aliphatic carbocycles. The topological polar surface area (TPSA) is 72.5 Å². The number of halogens is 3. The van der Waals surface area contributed by atoms with Gasteiger partial charge in [0, 0.05) is 5.56 Å². The minimum absolute atomic E-state index is 0.0275. The van der Waals surface area contributed by atoms with E-state index >= 15 is 0 Å². The van der Waals surface area contributed by atoms with Crippen LogP contribution in [0.2, 0.25) is 0 Å². The summed E-state index contributed by atoms with van der Waals surface area (Å²) in [6.45, 7) is 0. The largest absolute Gasteiger partial charge is 0.417 e. The molecular formula is C14H7F3N4. The Kier molecular flexibility index (Phi) is 3.77. The predicted octanol–water partition coefficient (Wildman–Crippen LogP) is 3.53. The van der Waals surface area contributed by atoms with Crippen LogP contribution in [0.3, 0.4) is 0 Å². The number of hydrogen-bond donors (Lipinski definition) is 1. The second-order valence-electron chi connectivity index (χ2n) is 3.99. The Hall–Kier alpha value is -3.06. The number of pyridine rings is 1. The Balaban J connectivity index is 2.74. The highest BCUT2D eigenvalue weighted by atomic mass is 19.4. The van der Waals surface area contributed by atoms with Crippen LogP contribution in [0.25, 0.3) is 11.3 Å². The molecule has 0 aliphatic rings. The third kappa shape index (κ3) is 2.93. The summed E-state index contributed by atoms with van der Waals surface area (Å²) < 4.78 is 39.2. The van der Waals surface area contributed by atoms with E-state index in [0.717, 1.165) is 6.07 Å². The van der Waals surface area contributed by atoms with Crippen molar-refractivity contribution in [1.82, 2.24) is 4.98 Å². The quantitative estimate of drug-likeness (QED) is 0.677. The fourth-order valence-corrected chi connectivity index (χ4v) is 1.78. The zero-order chi connectivity index (χ0) is 15.5. The van der Waals surface area contributed by atoms with Gasteiger partial charge in [0.2, 0.25) is 0 Å². The van der Waals surface area contributed by atoms with Crippen LogP contribution in [-0.2, 0) is 6.18 Å². The molecule has 0 atom stereocenters. The first-order chi connectivity index (χ1) is 9.97. The molecule has 1 aromatic heterocycles. The maximum Gasteiger partial charge on any atom is 0.417 e. The lowest BCUT2D eigenvalue weighted by atomic mass is 10.0. The van der Waals surface area contributed by atoms with E-state index in [1.165, 1.54) is 12.3 Å². The van der Waals surface area contributed by atoms with E-state index in [9.17, 15) is 13.2 Å². The zero-order valence-electron chi connectivity index (χ0n) is 10.4. The molecule has 2 rings (SSSR count). The van der Waals surface area contributed by atoms with E-state index in [2.05, 4.69) is 4.98 Å². The SMILES string of the molecule is N#CNc1nc(-c2ccccc2)cc(C(F)(F)F)c1C#N. The van der Waals surface area contributed by atoms with E-state index in [1.54, 1.807) is 30.3 Å². The smallest absolute Gasteiger partial charge is 0.276 e. The van der Waals surface area contributed by atoms with Crippen LogP contribution in [0.1, 0.15) is 11.1 Å². The van der Waals surface area contributed by atoms with Crippen molar-refractivity contribution in [1.29, 1.82) is 10.5 Å². The van der Waals surface area contributed by atoms with Crippen LogP contribution in [-0.4, -0.2) is 4.98 Å². The first kappa shape index (κ1) is 14.4. The van der Waals surface area contributed by atoms with Crippen molar-refractivity contribution in [2.75, 3.05) is 5.32 Å². The fourth-order valence-electron chi connectivity index (χ4n) is 1.78. The summed E-state index contributed by atoms with van der Waals surface area (Å²) in [4.78, 5) is 3.92. The molecule has 0 radical (unpaired) electrons. The molecule has 0 saturated heterocycles. The van der Waals surface area contributed by atoms with E-state index < -0.39 is 23.1 Å². The maximum atomic E-state index is 13.1. The van der Waals surface area contributed by atoms with Gasteiger partial charge in [0.1, 0.15) is 11.6 Å². The monoisotopic (exact) mass is 288 g/mol. The second-order valence-corrected chi connectivity index (χ2v) is 3.99. The van der Waals surface area contributed by atoms with Gasteiger partial charge in [-0.2, -0.15) is 23.7 Å². The molecular weight excluding hydrogens is 281 g/mol. The van der Waals surface area contributed by atoms with Crippen molar-refractivity contribution >= 4 is 5.82 Å². The van der Waals surface area contributed by atoms with Crippen molar-refractivity contribution in [2.45, 2.75) is 6.18 Å². The number of rotatable bonds is 2. The first-order valence-corrected chi connectivity index (χ1v) is 5.70. The molecule has 0 amide bonds. The lowest BCUT2D eigenvalue weighted by Crippen LogP contribution is -2.11. The van der Waals surface area contributed by atoms with E-state index in [1.807, 2.05) is 5.32 Å². The Labute approximate surface area is 118 Å². The number of nitrogens with zero attached hydrogens (tertiary/aromatic N) is 3. The highest BCUT2D eigenvalue weighted by Gasteiger charge is 2.36. The van der Waals surface area contributed by atoms with Crippen LogP contribution < -0.4 is 5.32 Å². The third-order valence-corrected chi connectivity index (χ3v) is 2.68. The van der Waals surface area contributed by atoms with Crippen LogP contribution in [0.5, 0.6) is 0 Å². The molecule has 104 valence electrons. The first-order valence-electron chi connectivity index (χ1n) is 5.70. The molecule has 21 heavy (non-hydrogen) atoms. The minimum Gasteiger partial charge on any atom is -0.276 e. The second kappa shape index (κ2) is 5.51. The molecule has 0 fully saturated rings. The zero-order valence-corrected chi connectivity index (χ0v) is 10.4. The number of benzene rings is 1. The molecule has 0 saturated carbocycles. The summed E-state index contributed by atoms with van der Waals surface area (Å²) in [5.41, 5.74) is -1.35. The van der Waals surface area contributed by atoms with Crippen LogP contribution in [0.15, 0.2) is 36.4 Å². The number of nitrogens with one attached hydrogen (secondary N) is 1. The Morgan fingerprint density at radius 1 is 1.10 bits per heavy atom. The van der Waals surface area contributed by atoms with Gasteiger partial charge in [-0.15, -0.1) is 0 Å². The standard InChI is InChI=1S/C14H7F3N4/c15-14(16,17)11-6-12(9-4-2-1-3-5-9)21-13(20-8-19)10(11)7-18/h1-6H,(H,20,21). The summed E-state index contributed by atoms with van der Waals surface area (Å²) >= 11 is 0. The van der Waals surface area contributed by atoms with Gasteiger partial charge in [-0.25, -0.2) is 4.98 Å². The molecule has 7 heteroatoms. The number of alkyl halides is 3. The Bertz CT molecular complexity index is 740. The average molecular weight is 288 g/mol. The molecule has 0 bridgehead atoms. The number of aromatic nitrogens is 1. The van der Waals surface area contributed by atoms with E-state index in [4.69, 9.17) is 10.5 Å². The van der Waals surface area contributed by atoms with Gasteiger partial charge in [-0.05, 0) is 6.07 Å². The van der Waals surface area contributed by atoms with Crippen LogP contribution >= 0.6 is 0 Å². The molecule has 1 aromatic carbocycles. The molecule has 1 heterocycles. The van der Waals surface area contributed by atoms with Crippen LogP contribution in [0, 0.1) is 22.8 Å². The molecule has 4 nitrogen and oxygen atoms in total. The fraction of sp³-hybridized carbons (Fsp3) is 0.0714. The number of nitriles is 2. The summed E-state index contributed by atoms with van der Waals surface area (Å²) in [6, 6.07) is 10.4. The summed E-state index contributed by atoms with van der Waals surface area (Å²) in [5.74, 6) is -0.409. The Morgan fingerprint density at radius 2 is 1.76 bits per heavy atom. The van der Waals surface area contributed by atoms with Crippen molar-refractivity contribution in [2.24, 2.45) is 0 Å². The highest BCUT2D eigenvalue weighted by molar-refractivity contribution is 5.68. The van der Waals surface area contributed by atoms with Crippen molar-refractivity contribution in [3.05, 3.63) is 47.5 Å². The van der Waals surface area contributed by atoms with Gasteiger partial charge in [0.15, 0.2) is 12.0 Å². The van der Waals surface area contributed by atoms with Gasteiger partial charge in [0.25, 0.3) is 0 Å². The summed E-state index contributed by atoms with van der Waals surface area (Å²) in [6.07, 6.45) is -3.23.